The summed E-state index contributed by atoms with van der Waals surface area (Å²) in [4.78, 5) is 10.6. The molecule has 1 fully saturated rings. The van der Waals surface area contributed by atoms with E-state index in [1.807, 2.05) is 18.8 Å². The lowest BCUT2D eigenvalue weighted by Crippen LogP contribution is -2.37. The maximum atomic E-state index is 6.04. The Hall–Kier alpha value is -0.680. The van der Waals surface area contributed by atoms with Gasteiger partial charge in [-0.15, -0.1) is 0 Å². The van der Waals surface area contributed by atoms with Gasteiger partial charge in [-0.1, -0.05) is 18.5 Å². The molecule has 0 spiro atoms. The summed E-state index contributed by atoms with van der Waals surface area (Å²) in [7, 11) is 1.84. The molecule has 0 bridgehead atoms. The van der Waals surface area contributed by atoms with E-state index in [0.717, 1.165) is 30.3 Å². The van der Waals surface area contributed by atoms with Gasteiger partial charge in [-0.2, -0.15) is 11.8 Å². The number of halogens is 1. The molecular weight excluding hydrogens is 244 g/mol. The van der Waals surface area contributed by atoms with Crippen LogP contribution in [0.3, 0.4) is 0 Å². The van der Waals surface area contributed by atoms with Gasteiger partial charge in [0.15, 0.2) is 11.0 Å². The molecule has 1 aliphatic heterocycles. The fraction of sp³-hybridized carbons (Fsp3) is 0.600. The van der Waals surface area contributed by atoms with Gasteiger partial charge < -0.3 is 10.2 Å². The van der Waals surface area contributed by atoms with Crippen molar-refractivity contribution in [3.05, 3.63) is 11.5 Å². The van der Waals surface area contributed by atoms with Crippen molar-refractivity contribution in [1.82, 2.24) is 9.97 Å². The molecule has 0 aromatic carbocycles. The van der Waals surface area contributed by atoms with Crippen molar-refractivity contribution in [3.8, 4) is 0 Å². The van der Waals surface area contributed by atoms with Gasteiger partial charge in [0.05, 0.1) is 0 Å². The third-order valence-electron chi connectivity index (χ3n) is 2.57. The molecule has 1 atom stereocenters. The van der Waals surface area contributed by atoms with Crippen LogP contribution in [-0.2, 0) is 0 Å². The average Bonchev–Trinajstić information content (AvgIpc) is 2.28. The molecule has 1 unspecified atom stereocenters. The van der Waals surface area contributed by atoms with Gasteiger partial charge in [0.25, 0.3) is 0 Å². The number of hydrogen-bond donors (Lipinski definition) is 1. The smallest absolute Gasteiger partial charge is 0.157 e. The van der Waals surface area contributed by atoms with E-state index in [1.165, 1.54) is 6.33 Å². The monoisotopic (exact) mass is 258 g/mol. The Morgan fingerprint density at radius 3 is 3.06 bits per heavy atom. The van der Waals surface area contributed by atoms with Gasteiger partial charge in [-0.25, -0.2) is 9.97 Å². The van der Waals surface area contributed by atoms with E-state index in [0.29, 0.717) is 10.4 Å². The van der Waals surface area contributed by atoms with E-state index in [9.17, 15) is 0 Å². The highest BCUT2D eigenvalue weighted by atomic mass is 35.5. The zero-order valence-electron chi connectivity index (χ0n) is 9.40. The second-order valence-corrected chi connectivity index (χ2v) is 5.64. The zero-order valence-corrected chi connectivity index (χ0v) is 11.0. The van der Waals surface area contributed by atoms with Crippen molar-refractivity contribution in [2.75, 3.05) is 36.1 Å². The van der Waals surface area contributed by atoms with E-state index in [2.05, 4.69) is 27.1 Å². The summed E-state index contributed by atoms with van der Waals surface area (Å²) >= 11 is 8.04. The van der Waals surface area contributed by atoms with Gasteiger partial charge in [-0.05, 0) is 0 Å². The predicted molar refractivity (Wildman–Crippen MR) is 70.7 cm³/mol. The molecule has 1 N–H and O–H groups in total. The van der Waals surface area contributed by atoms with Crippen LogP contribution in [0, 0.1) is 0 Å². The van der Waals surface area contributed by atoms with E-state index in [-0.39, 0.29) is 0 Å². The first-order valence-electron chi connectivity index (χ1n) is 5.27. The fourth-order valence-corrected chi connectivity index (χ4v) is 3.06. The first kappa shape index (κ1) is 11.8. The van der Waals surface area contributed by atoms with Crippen LogP contribution in [0.15, 0.2) is 6.33 Å². The minimum absolute atomic E-state index is 0.485. The lowest BCUT2D eigenvalue weighted by molar-refractivity contribution is 0.769. The van der Waals surface area contributed by atoms with Crippen LogP contribution in [0.1, 0.15) is 6.92 Å². The van der Waals surface area contributed by atoms with E-state index in [4.69, 9.17) is 11.6 Å². The van der Waals surface area contributed by atoms with Gasteiger partial charge in [-0.3, -0.25) is 0 Å². The van der Waals surface area contributed by atoms with Gasteiger partial charge in [0, 0.05) is 31.1 Å². The Balaban J connectivity index is 2.28. The maximum Gasteiger partial charge on any atom is 0.157 e. The molecular formula is C10H15ClN4S. The van der Waals surface area contributed by atoms with Crippen molar-refractivity contribution < 1.29 is 0 Å². The summed E-state index contributed by atoms with van der Waals surface area (Å²) in [6.07, 6.45) is 1.52. The molecule has 4 nitrogen and oxygen atoms in total. The van der Waals surface area contributed by atoms with Crippen molar-refractivity contribution in [3.63, 3.8) is 0 Å². The van der Waals surface area contributed by atoms with Crippen LogP contribution in [0.5, 0.6) is 0 Å². The van der Waals surface area contributed by atoms with Crippen LogP contribution >= 0.6 is 23.4 Å². The first-order chi connectivity index (χ1) is 7.72. The zero-order chi connectivity index (χ0) is 11.5. The lowest BCUT2D eigenvalue weighted by atomic mass is 10.3. The molecule has 16 heavy (non-hydrogen) atoms. The molecule has 1 aromatic rings. The van der Waals surface area contributed by atoms with Crippen molar-refractivity contribution in [2.24, 2.45) is 0 Å². The number of anilines is 2. The van der Waals surface area contributed by atoms with Gasteiger partial charge in [0.1, 0.15) is 12.0 Å². The van der Waals surface area contributed by atoms with Crippen LogP contribution in [0.2, 0.25) is 5.15 Å². The summed E-state index contributed by atoms with van der Waals surface area (Å²) < 4.78 is 0. The highest BCUT2D eigenvalue weighted by Gasteiger charge is 2.21. The molecule has 0 radical (unpaired) electrons. The molecule has 1 saturated heterocycles. The van der Waals surface area contributed by atoms with E-state index in [1.54, 1.807) is 0 Å². The van der Waals surface area contributed by atoms with E-state index >= 15 is 0 Å². The molecule has 1 aromatic heterocycles. The average molecular weight is 259 g/mol. The molecule has 0 saturated carbocycles. The third-order valence-corrected chi connectivity index (χ3v) is 3.99. The molecule has 1 aliphatic rings. The normalized spacial score (nSPS) is 20.9. The summed E-state index contributed by atoms with van der Waals surface area (Å²) in [5, 5.41) is 4.19. The molecule has 0 aliphatic carbocycles. The number of nitrogens with one attached hydrogen (secondary N) is 1. The Labute approximate surface area is 105 Å². The van der Waals surface area contributed by atoms with Gasteiger partial charge >= 0.3 is 0 Å². The topological polar surface area (TPSA) is 41.1 Å². The fourth-order valence-electron chi connectivity index (χ4n) is 1.82. The maximum absolute atomic E-state index is 6.04. The summed E-state index contributed by atoms with van der Waals surface area (Å²) in [5.41, 5.74) is 0.822. The molecule has 88 valence electrons. The Morgan fingerprint density at radius 2 is 2.38 bits per heavy atom. The Morgan fingerprint density at radius 1 is 1.56 bits per heavy atom. The molecule has 2 rings (SSSR count). The lowest BCUT2D eigenvalue weighted by Gasteiger charge is -2.32. The van der Waals surface area contributed by atoms with Crippen LogP contribution < -0.4 is 10.2 Å². The summed E-state index contributed by atoms with van der Waals surface area (Å²) in [6, 6.07) is 0. The second-order valence-electron chi connectivity index (χ2n) is 3.74. The minimum Gasteiger partial charge on any atom is -0.383 e. The number of thioether (sulfide) groups is 1. The standard InChI is InChI=1S/C10H15ClN4S/c1-7-5-15(3-4-16-7)10-8(12-2)9(11)13-6-14-10/h6-7,12H,3-5H2,1-2H3. The number of rotatable bonds is 2. The highest BCUT2D eigenvalue weighted by Crippen LogP contribution is 2.31. The van der Waals surface area contributed by atoms with Crippen molar-refractivity contribution in [1.29, 1.82) is 0 Å². The Kier molecular flexibility index (Phi) is 3.76. The first-order valence-corrected chi connectivity index (χ1v) is 6.70. The third kappa shape index (κ3) is 2.35. The molecule has 2 heterocycles. The van der Waals surface area contributed by atoms with E-state index < -0.39 is 0 Å². The molecule has 6 heteroatoms. The minimum atomic E-state index is 0.485. The van der Waals surface area contributed by atoms with Crippen LogP contribution in [0.4, 0.5) is 11.5 Å². The van der Waals surface area contributed by atoms with Crippen LogP contribution in [-0.4, -0.2) is 41.1 Å². The summed E-state index contributed by atoms with van der Waals surface area (Å²) in [6.45, 7) is 4.25. The Bertz CT molecular complexity index is 374. The highest BCUT2D eigenvalue weighted by molar-refractivity contribution is 8.00. The SMILES string of the molecule is CNc1c(Cl)ncnc1N1CCSC(C)C1. The van der Waals surface area contributed by atoms with Crippen molar-refractivity contribution in [2.45, 2.75) is 12.2 Å². The van der Waals surface area contributed by atoms with Crippen LogP contribution in [0.25, 0.3) is 0 Å². The summed E-state index contributed by atoms with van der Waals surface area (Å²) in [5.74, 6) is 2.04. The quantitative estimate of drug-likeness (QED) is 0.823. The number of aromatic nitrogens is 2. The molecule has 0 amide bonds. The van der Waals surface area contributed by atoms with Crippen molar-refractivity contribution >= 4 is 34.9 Å². The van der Waals surface area contributed by atoms with Gasteiger partial charge in [0.2, 0.25) is 0 Å². The predicted octanol–water partition coefficient (Wildman–Crippen LogP) is 2.11. The number of hydrogen-bond acceptors (Lipinski definition) is 5. The second kappa shape index (κ2) is 5.10. The largest absolute Gasteiger partial charge is 0.383 e. The number of nitrogens with zero attached hydrogens (tertiary/aromatic N) is 3.